The van der Waals surface area contributed by atoms with Gasteiger partial charge in [0.25, 0.3) is 0 Å². The molecule has 0 aliphatic carbocycles. The summed E-state index contributed by atoms with van der Waals surface area (Å²) in [6.07, 6.45) is 1.84. The number of thioether (sulfide) groups is 1. The smallest absolute Gasteiger partial charge is 0.210 e. The van der Waals surface area contributed by atoms with Gasteiger partial charge in [0, 0.05) is 0 Å². The minimum absolute atomic E-state index is 0.179. The van der Waals surface area contributed by atoms with E-state index in [-0.39, 0.29) is 11.6 Å². The van der Waals surface area contributed by atoms with Crippen LogP contribution in [-0.2, 0) is 0 Å². The maximum Gasteiger partial charge on any atom is 0.210 e. The van der Waals surface area contributed by atoms with Crippen LogP contribution in [0.2, 0.25) is 0 Å². The van der Waals surface area contributed by atoms with Gasteiger partial charge < -0.3 is 11.5 Å². The van der Waals surface area contributed by atoms with E-state index < -0.39 is 0 Å². The van der Waals surface area contributed by atoms with Crippen molar-refractivity contribution in [3.63, 3.8) is 0 Å². The molecule has 0 fully saturated rings. The second-order valence-electron chi connectivity index (χ2n) is 1.57. The van der Waals surface area contributed by atoms with Crippen molar-refractivity contribution < 1.29 is 0 Å². The van der Waals surface area contributed by atoms with Gasteiger partial charge in [-0.05, 0) is 6.26 Å². The largest absolute Gasteiger partial charge is 0.380 e. The molecule has 0 aliphatic heterocycles. The summed E-state index contributed by atoms with van der Waals surface area (Å²) in [6.45, 7) is 0. The average molecular weight is 157 g/mol. The molecule has 1 rings (SSSR count). The monoisotopic (exact) mass is 157 g/mol. The molecule has 0 radical (unpaired) electrons. The fraction of sp³-hybridized carbons (Fsp3) is 0.250. The third-order valence-corrected chi connectivity index (χ3v) is 1.44. The summed E-state index contributed by atoms with van der Waals surface area (Å²) < 4.78 is 0. The zero-order valence-corrected chi connectivity index (χ0v) is 6.22. The number of nitrogen functional groups attached to an aromatic ring is 2. The van der Waals surface area contributed by atoms with Crippen LogP contribution in [0.4, 0.5) is 11.6 Å². The van der Waals surface area contributed by atoms with Crippen molar-refractivity contribution in [1.82, 2.24) is 15.2 Å². The minimum atomic E-state index is 0.179. The molecule has 1 aromatic rings. The van der Waals surface area contributed by atoms with E-state index in [1.807, 2.05) is 6.26 Å². The summed E-state index contributed by atoms with van der Waals surface area (Å²) in [5.74, 6) is 0.414. The number of hydrogen-bond donors (Lipinski definition) is 2. The Morgan fingerprint density at radius 2 is 1.90 bits per heavy atom. The summed E-state index contributed by atoms with van der Waals surface area (Å²) >= 11 is 1.37. The van der Waals surface area contributed by atoms with Crippen LogP contribution in [0.3, 0.4) is 0 Å². The number of aromatic nitrogens is 3. The van der Waals surface area contributed by atoms with Crippen LogP contribution in [-0.4, -0.2) is 21.4 Å². The fourth-order valence-electron chi connectivity index (χ4n) is 0.417. The summed E-state index contributed by atoms with van der Waals surface area (Å²) in [7, 11) is 0. The Bertz CT molecular complexity index is 237. The molecule has 0 spiro atoms. The highest BCUT2D eigenvalue weighted by Crippen LogP contribution is 2.11. The van der Waals surface area contributed by atoms with E-state index in [1.165, 1.54) is 11.8 Å². The summed E-state index contributed by atoms with van der Waals surface area (Å²) in [5.41, 5.74) is 10.6. The van der Waals surface area contributed by atoms with Crippen molar-refractivity contribution in [1.29, 1.82) is 0 Å². The first kappa shape index (κ1) is 7.07. The molecule has 0 unspecified atom stereocenters. The molecule has 4 N–H and O–H groups in total. The molecule has 10 heavy (non-hydrogen) atoms. The normalized spacial score (nSPS) is 9.70. The number of rotatable bonds is 1. The summed E-state index contributed by atoms with van der Waals surface area (Å²) in [5, 5.41) is 7.76. The van der Waals surface area contributed by atoms with Crippen LogP contribution in [0.1, 0.15) is 0 Å². The Labute approximate surface area is 62.2 Å². The predicted octanol–water partition coefficient (Wildman–Crippen LogP) is -0.242. The van der Waals surface area contributed by atoms with Crippen molar-refractivity contribution in [2.24, 2.45) is 0 Å². The third-order valence-electron chi connectivity index (χ3n) is 0.904. The molecule has 0 bridgehead atoms. The van der Waals surface area contributed by atoms with Gasteiger partial charge in [0.05, 0.1) is 0 Å². The first-order chi connectivity index (χ1) is 4.74. The molecule has 1 heterocycles. The van der Waals surface area contributed by atoms with Gasteiger partial charge in [-0.2, -0.15) is 0 Å². The van der Waals surface area contributed by atoms with Crippen LogP contribution >= 0.6 is 11.8 Å². The molecule has 0 saturated carbocycles. The highest BCUT2D eigenvalue weighted by atomic mass is 32.2. The molecule has 6 heteroatoms. The quantitative estimate of drug-likeness (QED) is 0.546. The van der Waals surface area contributed by atoms with Crippen molar-refractivity contribution in [2.45, 2.75) is 5.16 Å². The van der Waals surface area contributed by atoms with Gasteiger partial charge in [-0.15, -0.1) is 10.2 Å². The molecule has 0 amide bonds. The third kappa shape index (κ3) is 1.27. The summed E-state index contributed by atoms with van der Waals surface area (Å²) in [4.78, 5) is 3.83. The molecular weight excluding hydrogens is 150 g/mol. The molecule has 0 atom stereocenters. The van der Waals surface area contributed by atoms with Gasteiger partial charge in [-0.3, -0.25) is 0 Å². The Morgan fingerprint density at radius 3 is 2.40 bits per heavy atom. The zero-order chi connectivity index (χ0) is 7.56. The molecule has 0 aromatic carbocycles. The standard InChI is InChI=1S/C4H7N5S/c1-10-4-7-2(5)3(6)8-9-4/h1H3,(H2,6,8)(H2,5,7,9). The second-order valence-corrected chi connectivity index (χ2v) is 2.34. The van der Waals surface area contributed by atoms with E-state index in [4.69, 9.17) is 11.5 Å². The molecular formula is C4H7N5S. The van der Waals surface area contributed by atoms with Crippen LogP contribution in [0.5, 0.6) is 0 Å². The van der Waals surface area contributed by atoms with Gasteiger partial charge in [0.2, 0.25) is 5.16 Å². The van der Waals surface area contributed by atoms with E-state index in [2.05, 4.69) is 15.2 Å². The highest BCUT2D eigenvalue weighted by Gasteiger charge is 1.99. The van der Waals surface area contributed by atoms with E-state index in [0.717, 1.165) is 0 Å². The van der Waals surface area contributed by atoms with E-state index in [1.54, 1.807) is 0 Å². The van der Waals surface area contributed by atoms with Crippen molar-refractivity contribution in [3.05, 3.63) is 0 Å². The van der Waals surface area contributed by atoms with Gasteiger partial charge in [-0.1, -0.05) is 11.8 Å². The maximum atomic E-state index is 5.34. The molecule has 54 valence electrons. The molecule has 0 saturated heterocycles. The lowest BCUT2D eigenvalue weighted by Gasteiger charge is -1.96. The number of nitrogens with two attached hydrogens (primary N) is 2. The Morgan fingerprint density at radius 1 is 1.20 bits per heavy atom. The van der Waals surface area contributed by atoms with Crippen molar-refractivity contribution in [3.8, 4) is 0 Å². The maximum absolute atomic E-state index is 5.34. The first-order valence-corrected chi connectivity index (χ1v) is 3.76. The van der Waals surface area contributed by atoms with Gasteiger partial charge in [0.1, 0.15) is 0 Å². The predicted molar refractivity (Wildman–Crippen MR) is 40.4 cm³/mol. The Kier molecular flexibility index (Phi) is 1.91. The molecule has 1 aromatic heterocycles. The molecule has 0 aliphatic rings. The lowest BCUT2D eigenvalue weighted by atomic mass is 10.7. The van der Waals surface area contributed by atoms with E-state index >= 15 is 0 Å². The average Bonchev–Trinajstić information content (AvgIpc) is 1.95. The van der Waals surface area contributed by atoms with E-state index in [0.29, 0.717) is 5.16 Å². The van der Waals surface area contributed by atoms with Crippen LogP contribution in [0.25, 0.3) is 0 Å². The van der Waals surface area contributed by atoms with Gasteiger partial charge >= 0.3 is 0 Å². The minimum Gasteiger partial charge on any atom is -0.380 e. The zero-order valence-electron chi connectivity index (χ0n) is 5.40. The Balaban J connectivity index is 3.04. The van der Waals surface area contributed by atoms with Crippen LogP contribution in [0.15, 0.2) is 5.16 Å². The number of hydrogen-bond acceptors (Lipinski definition) is 6. The van der Waals surface area contributed by atoms with Crippen molar-refractivity contribution in [2.75, 3.05) is 17.7 Å². The Hall–Kier alpha value is -1.04. The molecule has 5 nitrogen and oxygen atoms in total. The topological polar surface area (TPSA) is 90.7 Å². The lowest BCUT2D eigenvalue weighted by Crippen LogP contribution is -2.03. The SMILES string of the molecule is CSc1nnc(N)c(N)n1. The van der Waals surface area contributed by atoms with Crippen LogP contribution in [0, 0.1) is 0 Å². The number of nitrogens with zero attached hydrogens (tertiary/aromatic N) is 3. The summed E-state index contributed by atoms with van der Waals surface area (Å²) in [6, 6.07) is 0. The highest BCUT2D eigenvalue weighted by molar-refractivity contribution is 7.98. The van der Waals surface area contributed by atoms with Gasteiger partial charge in [-0.25, -0.2) is 4.98 Å². The lowest BCUT2D eigenvalue weighted by molar-refractivity contribution is 0.856. The fourth-order valence-corrected chi connectivity index (χ4v) is 0.729. The van der Waals surface area contributed by atoms with Crippen molar-refractivity contribution >= 4 is 23.4 Å². The number of anilines is 2. The van der Waals surface area contributed by atoms with Crippen LogP contribution < -0.4 is 11.5 Å². The van der Waals surface area contributed by atoms with Gasteiger partial charge in [0.15, 0.2) is 11.6 Å². The second kappa shape index (κ2) is 2.70. The first-order valence-electron chi connectivity index (χ1n) is 2.53. The van der Waals surface area contributed by atoms with E-state index in [9.17, 15) is 0 Å².